The second-order valence-electron chi connectivity index (χ2n) is 14.6. The molecule has 0 rings (SSSR count). The van der Waals surface area contributed by atoms with Gasteiger partial charge in [-0.3, -0.25) is 14.2 Å². The number of carbonyl (C=O) groups excluding carboxylic acids is 2. The maximum Gasteiger partial charge on any atom is 0.306 e. The second kappa shape index (κ2) is 35.4. The van der Waals surface area contributed by atoms with Crippen LogP contribution in [0.2, 0.25) is 0 Å². The van der Waals surface area contributed by atoms with Gasteiger partial charge in [-0.25, -0.2) is 0 Å². The molecule has 0 aliphatic rings. The molecule has 0 aromatic heterocycles. The van der Waals surface area contributed by atoms with Gasteiger partial charge in [-0.1, -0.05) is 126 Å². The van der Waals surface area contributed by atoms with Crippen LogP contribution in [0.15, 0.2) is 60.8 Å². The lowest BCUT2D eigenvalue weighted by Gasteiger charge is -2.28. The van der Waals surface area contributed by atoms with E-state index in [1.165, 1.54) is 12.8 Å². The maximum atomic E-state index is 12.6. The monoisotopic (exact) mass is 766 g/mol. The number of hydrogen-bond acceptors (Lipinski definition) is 8. The molecule has 0 saturated heterocycles. The van der Waals surface area contributed by atoms with E-state index in [0.717, 1.165) is 96.3 Å². The number of allylic oxidation sites excluding steroid dienone is 10. The number of nitrogens with zero attached hydrogens (tertiary/aromatic N) is 1. The van der Waals surface area contributed by atoms with E-state index in [1.807, 2.05) is 21.1 Å². The summed E-state index contributed by atoms with van der Waals surface area (Å²) in [5.74, 6) is -0.877. The van der Waals surface area contributed by atoms with Gasteiger partial charge >= 0.3 is 11.9 Å². The lowest BCUT2D eigenvalue weighted by atomic mass is 10.1. The molecule has 0 aliphatic heterocycles. The standard InChI is InChI=1S/C43H76NO8P/c1-6-8-10-12-14-16-18-20-22-24-25-27-29-31-33-35-42(45)49-39-41(40-51-53(47,48)50-38-37-44(3,4)5)52-43(46)36-34-32-30-28-26-23-21-19-17-15-13-11-9-7-2/h8,10,13-16,19-22,41H,6-7,9,11-12,17-18,23-40H2,1-5H3/b10-8-,15-13-,16-14-,21-19-,22-20-/t41-/m1/s1. The smallest absolute Gasteiger partial charge is 0.306 e. The van der Waals surface area contributed by atoms with Gasteiger partial charge in [0.1, 0.15) is 19.8 Å². The van der Waals surface area contributed by atoms with Crippen LogP contribution in [0, 0.1) is 0 Å². The van der Waals surface area contributed by atoms with E-state index < -0.39 is 32.5 Å². The fourth-order valence-corrected chi connectivity index (χ4v) is 5.76. The third kappa shape index (κ3) is 39.2. The lowest BCUT2D eigenvalue weighted by Crippen LogP contribution is -2.37. The van der Waals surface area contributed by atoms with Crippen molar-refractivity contribution in [1.29, 1.82) is 0 Å². The molecule has 1 unspecified atom stereocenters. The Kier molecular flexibility index (Phi) is 33.9. The SMILES string of the molecule is CC/C=C\C/C=C\C/C=C\CCCCCCCC(=O)OC[C@H](COP(=O)([O-])OCC[N+](C)(C)C)OC(=O)CCCCCCC/C=C\C/C=C\CCCC. The number of ether oxygens (including phenoxy) is 2. The van der Waals surface area contributed by atoms with Crippen LogP contribution in [0.25, 0.3) is 0 Å². The van der Waals surface area contributed by atoms with Crippen molar-refractivity contribution < 1.29 is 42.1 Å². The van der Waals surface area contributed by atoms with Gasteiger partial charge in [0.2, 0.25) is 0 Å². The van der Waals surface area contributed by atoms with Gasteiger partial charge in [0.25, 0.3) is 7.82 Å². The molecular weight excluding hydrogens is 689 g/mol. The highest BCUT2D eigenvalue weighted by Gasteiger charge is 2.21. The Bertz CT molecular complexity index is 1090. The summed E-state index contributed by atoms with van der Waals surface area (Å²) in [5, 5.41) is 0. The molecule has 0 fully saturated rings. The molecular formula is C43H76NO8P. The normalized spacial score (nSPS) is 14.3. The highest BCUT2D eigenvalue weighted by atomic mass is 31.2. The molecule has 0 radical (unpaired) electrons. The summed E-state index contributed by atoms with van der Waals surface area (Å²) in [5.41, 5.74) is 0. The van der Waals surface area contributed by atoms with Gasteiger partial charge in [-0.05, 0) is 70.6 Å². The van der Waals surface area contributed by atoms with E-state index in [9.17, 15) is 19.0 Å². The highest BCUT2D eigenvalue weighted by Crippen LogP contribution is 2.38. The Morgan fingerprint density at radius 3 is 1.60 bits per heavy atom. The van der Waals surface area contributed by atoms with Crippen LogP contribution in [0.3, 0.4) is 0 Å². The van der Waals surface area contributed by atoms with Crippen LogP contribution < -0.4 is 4.89 Å². The maximum absolute atomic E-state index is 12.6. The van der Waals surface area contributed by atoms with E-state index in [4.69, 9.17) is 18.5 Å². The number of carbonyl (C=O) groups is 2. The van der Waals surface area contributed by atoms with Crippen LogP contribution in [-0.4, -0.2) is 70.0 Å². The van der Waals surface area contributed by atoms with E-state index >= 15 is 0 Å². The van der Waals surface area contributed by atoms with Gasteiger partial charge in [-0.15, -0.1) is 0 Å². The zero-order valence-corrected chi connectivity index (χ0v) is 35.1. The van der Waals surface area contributed by atoms with Crippen molar-refractivity contribution in [3.8, 4) is 0 Å². The summed E-state index contributed by atoms with van der Waals surface area (Å²) in [6.45, 7) is 4.01. The minimum absolute atomic E-state index is 0.0395. The Morgan fingerprint density at radius 1 is 0.604 bits per heavy atom. The first kappa shape index (κ1) is 50.7. The van der Waals surface area contributed by atoms with Gasteiger partial charge in [0.05, 0.1) is 27.7 Å². The molecule has 9 nitrogen and oxygen atoms in total. The lowest BCUT2D eigenvalue weighted by molar-refractivity contribution is -0.870. The fourth-order valence-electron chi connectivity index (χ4n) is 5.04. The average molecular weight is 766 g/mol. The molecule has 10 heteroatoms. The number of phosphoric ester groups is 1. The summed E-state index contributed by atoms with van der Waals surface area (Å²) in [6.07, 6.45) is 41.0. The average Bonchev–Trinajstić information content (AvgIpc) is 3.10. The number of likely N-dealkylation sites (N-methyl/N-ethyl adjacent to an activating group) is 1. The Hall–Kier alpha value is -2.29. The number of esters is 2. The molecule has 0 heterocycles. The summed E-state index contributed by atoms with van der Waals surface area (Å²) < 4.78 is 33.8. The van der Waals surface area contributed by atoms with Crippen molar-refractivity contribution in [2.45, 2.75) is 155 Å². The molecule has 0 aromatic carbocycles. The van der Waals surface area contributed by atoms with Crippen molar-refractivity contribution in [3.63, 3.8) is 0 Å². The number of rotatable bonds is 36. The zero-order valence-electron chi connectivity index (χ0n) is 34.2. The van der Waals surface area contributed by atoms with Crippen molar-refractivity contribution in [1.82, 2.24) is 0 Å². The Balaban J connectivity index is 4.46. The molecule has 0 saturated carbocycles. The first-order chi connectivity index (χ1) is 25.5. The number of quaternary nitrogens is 1. The topological polar surface area (TPSA) is 111 Å². The fraction of sp³-hybridized carbons (Fsp3) is 0.721. The molecule has 0 aliphatic carbocycles. The van der Waals surface area contributed by atoms with Crippen LogP contribution >= 0.6 is 7.82 Å². The van der Waals surface area contributed by atoms with Gasteiger partial charge < -0.3 is 27.9 Å². The van der Waals surface area contributed by atoms with Crippen LogP contribution in [0.5, 0.6) is 0 Å². The molecule has 0 amide bonds. The minimum Gasteiger partial charge on any atom is -0.756 e. The number of unbranched alkanes of at least 4 members (excludes halogenated alkanes) is 12. The Labute approximate surface area is 324 Å². The molecule has 0 bridgehead atoms. The molecule has 0 spiro atoms. The second-order valence-corrected chi connectivity index (χ2v) is 16.0. The summed E-state index contributed by atoms with van der Waals surface area (Å²) >= 11 is 0. The summed E-state index contributed by atoms with van der Waals surface area (Å²) in [7, 11) is 1.13. The molecule has 2 atom stereocenters. The van der Waals surface area contributed by atoms with Crippen molar-refractivity contribution >= 4 is 19.8 Å². The van der Waals surface area contributed by atoms with E-state index in [0.29, 0.717) is 23.9 Å². The van der Waals surface area contributed by atoms with Gasteiger partial charge in [0.15, 0.2) is 6.10 Å². The zero-order chi connectivity index (χ0) is 39.3. The predicted molar refractivity (Wildman–Crippen MR) is 217 cm³/mol. The number of hydrogen-bond donors (Lipinski definition) is 0. The third-order valence-electron chi connectivity index (χ3n) is 8.27. The van der Waals surface area contributed by atoms with Crippen molar-refractivity contribution in [2.75, 3.05) is 47.5 Å². The van der Waals surface area contributed by atoms with Crippen LogP contribution in [0.4, 0.5) is 0 Å². The third-order valence-corrected chi connectivity index (χ3v) is 9.24. The molecule has 306 valence electrons. The van der Waals surface area contributed by atoms with Gasteiger partial charge in [-0.2, -0.15) is 0 Å². The molecule has 0 aromatic rings. The van der Waals surface area contributed by atoms with Crippen LogP contribution in [0.1, 0.15) is 149 Å². The summed E-state index contributed by atoms with van der Waals surface area (Å²) in [6, 6.07) is 0. The van der Waals surface area contributed by atoms with Gasteiger partial charge in [0, 0.05) is 12.8 Å². The van der Waals surface area contributed by atoms with E-state index in [-0.39, 0.29) is 26.1 Å². The largest absolute Gasteiger partial charge is 0.756 e. The van der Waals surface area contributed by atoms with Crippen molar-refractivity contribution in [3.05, 3.63) is 60.8 Å². The molecule has 53 heavy (non-hydrogen) atoms. The predicted octanol–water partition coefficient (Wildman–Crippen LogP) is 10.7. The van der Waals surface area contributed by atoms with Crippen molar-refractivity contribution in [2.24, 2.45) is 0 Å². The minimum atomic E-state index is -4.63. The van der Waals surface area contributed by atoms with Crippen LogP contribution in [-0.2, 0) is 32.7 Å². The summed E-state index contributed by atoms with van der Waals surface area (Å²) in [4.78, 5) is 37.4. The number of phosphoric acid groups is 1. The quantitative estimate of drug-likeness (QED) is 0.0204. The first-order valence-corrected chi connectivity index (χ1v) is 22.0. The van der Waals surface area contributed by atoms with E-state index in [1.54, 1.807) is 0 Å². The molecule has 0 N–H and O–H groups in total. The highest BCUT2D eigenvalue weighted by molar-refractivity contribution is 7.45. The van der Waals surface area contributed by atoms with E-state index in [2.05, 4.69) is 74.6 Å². The Morgan fingerprint density at radius 2 is 1.08 bits per heavy atom. The first-order valence-electron chi connectivity index (χ1n) is 20.5.